The molecule has 0 aliphatic rings. The van der Waals surface area contributed by atoms with Crippen molar-refractivity contribution in [3.63, 3.8) is 0 Å². The summed E-state index contributed by atoms with van der Waals surface area (Å²) in [6.45, 7) is 6.48. The largest absolute Gasteiger partial charge is 0.491 e. The quantitative estimate of drug-likeness (QED) is 0.866. The molecule has 0 saturated heterocycles. The molecule has 0 saturated carbocycles. The van der Waals surface area contributed by atoms with Gasteiger partial charge < -0.3 is 10.1 Å². The van der Waals surface area contributed by atoms with Gasteiger partial charge in [0.25, 0.3) is 0 Å². The highest BCUT2D eigenvalue weighted by molar-refractivity contribution is 6.30. The average Bonchev–Trinajstić information content (AvgIpc) is 2.48. The third kappa shape index (κ3) is 5.61. The minimum atomic E-state index is -0.0664. The molecule has 0 bridgehead atoms. The first-order valence-electron chi connectivity index (χ1n) is 7.68. The van der Waals surface area contributed by atoms with Gasteiger partial charge in [0, 0.05) is 5.02 Å². The molecule has 2 aromatic carbocycles. The Labute approximate surface area is 142 Å². The first kappa shape index (κ1) is 17.4. The Kier molecular flexibility index (Phi) is 6.05. The summed E-state index contributed by atoms with van der Waals surface area (Å²) >= 11 is 5.92. The number of carbonyl (C=O) groups is 1. The SMILES string of the molecule is Cc1ccc(OCC(C)NC(=O)Cc2cccc(Cl)c2)cc1C. The van der Waals surface area contributed by atoms with Gasteiger partial charge in [-0.15, -0.1) is 0 Å². The van der Waals surface area contributed by atoms with Gasteiger partial charge in [-0.3, -0.25) is 4.79 Å². The van der Waals surface area contributed by atoms with Crippen molar-refractivity contribution in [3.05, 3.63) is 64.2 Å². The van der Waals surface area contributed by atoms with Gasteiger partial charge >= 0.3 is 0 Å². The van der Waals surface area contributed by atoms with E-state index < -0.39 is 0 Å². The number of hydrogen-bond donors (Lipinski definition) is 1. The Morgan fingerprint density at radius 2 is 1.96 bits per heavy atom. The Bertz CT molecular complexity index is 685. The standard InChI is InChI=1S/C19H22ClNO2/c1-13-7-8-18(9-14(13)2)23-12-15(3)21-19(22)11-16-5-4-6-17(20)10-16/h4-10,15H,11-12H2,1-3H3,(H,21,22). The van der Waals surface area contributed by atoms with Gasteiger partial charge in [0.1, 0.15) is 12.4 Å². The molecule has 23 heavy (non-hydrogen) atoms. The lowest BCUT2D eigenvalue weighted by molar-refractivity contribution is -0.121. The fraction of sp³-hybridized carbons (Fsp3) is 0.316. The van der Waals surface area contributed by atoms with Crippen molar-refractivity contribution in [2.75, 3.05) is 6.61 Å². The predicted molar refractivity (Wildman–Crippen MR) is 94.2 cm³/mol. The fourth-order valence-corrected chi connectivity index (χ4v) is 2.44. The molecule has 2 aromatic rings. The molecule has 2 rings (SSSR count). The van der Waals surface area contributed by atoms with E-state index in [2.05, 4.69) is 19.2 Å². The van der Waals surface area contributed by atoms with E-state index in [1.165, 1.54) is 11.1 Å². The van der Waals surface area contributed by atoms with Crippen molar-refractivity contribution in [3.8, 4) is 5.75 Å². The second-order valence-electron chi connectivity index (χ2n) is 5.83. The number of aryl methyl sites for hydroxylation is 2. The minimum absolute atomic E-state index is 0.0385. The van der Waals surface area contributed by atoms with Crippen LogP contribution in [0.5, 0.6) is 5.75 Å². The average molecular weight is 332 g/mol. The van der Waals surface area contributed by atoms with Crippen LogP contribution in [-0.2, 0) is 11.2 Å². The van der Waals surface area contributed by atoms with Crippen LogP contribution in [0.4, 0.5) is 0 Å². The van der Waals surface area contributed by atoms with Crippen molar-refractivity contribution in [1.29, 1.82) is 0 Å². The maximum atomic E-state index is 12.0. The van der Waals surface area contributed by atoms with Crippen LogP contribution in [0, 0.1) is 13.8 Å². The van der Waals surface area contributed by atoms with Crippen LogP contribution >= 0.6 is 11.6 Å². The van der Waals surface area contributed by atoms with Crippen LogP contribution in [0.3, 0.4) is 0 Å². The first-order valence-corrected chi connectivity index (χ1v) is 8.05. The number of hydrogen-bond acceptors (Lipinski definition) is 2. The van der Waals surface area contributed by atoms with Crippen LogP contribution < -0.4 is 10.1 Å². The highest BCUT2D eigenvalue weighted by Gasteiger charge is 2.09. The number of benzene rings is 2. The Hall–Kier alpha value is -2.00. The van der Waals surface area contributed by atoms with Crippen molar-refractivity contribution < 1.29 is 9.53 Å². The molecule has 1 unspecified atom stereocenters. The normalized spacial score (nSPS) is 11.8. The number of rotatable bonds is 6. The van der Waals surface area contributed by atoms with Gasteiger partial charge in [-0.1, -0.05) is 29.8 Å². The molecule has 0 spiro atoms. The molecule has 0 aliphatic carbocycles. The zero-order chi connectivity index (χ0) is 16.8. The van der Waals surface area contributed by atoms with E-state index in [9.17, 15) is 4.79 Å². The Morgan fingerprint density at radius 3 is 2.65 bits per heavy atom. The van der Waals surface area contributed by atoms with Gasteiger partial charge in [-0.2, -0.15) is 0 Å². The first-order chi connectivity index (χ1) is 10.9. The summed E-state index contributed by atoms with van der Waals surface area (Å²) in [5, 5.41) is 3.58. The van der Waals surface area contributed by atoms with E-state index in [1.807, 2.05) is 37.3 Å². The summed E-state index contributed by atoms with van der Waals surface area (Å²) in [5.41, 5.74) is 3.33. The summed E-state index contributed by atoms with van der Waals surface area (Å²) < 4.78 is 5.74. The van der Waals surface area contributed by atoms with Gasteiger partial charge in [-0.25, -0.2) is 0 Å². The molecule has 0 aromatic heterocycles. The topological polar surface area (TPSA) is 38.3 Å². The smallest absolute Gasteiger partial charge is 0.224 e. The van der Waals surface area contributed by atoms with Crippen LogP contribution in [0.25, 0.3) is 0 Å². The van der Waals surface area contributed by atoms with E-state index in [1.54, 1.807) is 12.1 Å². The molecule has 1 atom stereocenters. The summed E-state index contributed by atoms with van der Waals surface area (Å²) in [4.78, 5) is 12.0. The lowest BCUT2D eigenvalue weighted by Crippen LogP contribution is -2.37. The van der Waals surface area contributed by atoms with Gasteiger partial charge in [-0.05, 0) is 61.7 Å². The van der Waals surface area contributed by atoms with Crippen LogP contribution in [0.15, 0.2) is 42.5 Å². The van der Waals surface area contributed by atoms with Gasteiger partial charge in [0.2, 0.25) is 5.91 Å². The lowest BCUT2D eigenvalue weighted by Gasteiger charge is -2.16. The summed E-state index contributed by atoms with van der Waals surface area (Å²) in [5.74, 6) is 0.785. The molecule has 3 nitrogen and oxygen atoms in total. The van der Waals surface area contributed by atoms with Crippen molar-refractivity contribution >= 4 is 17.5 Å². The Balaban J connectivity index is 1.80. The molecule has 0 fully saturated rings. The monoisotopic (exact) mass is 331 g/mol. The second kappa shape index (κ2) is 8.02. The van der Waals surface area contributed by atoms with Crippen LogP contribution in [-0.4, -0.2) is 18.6 Å². The highest BCUT2D eigenvalue weighted by atomic mass is 35.5. The van der Waals surface area contributed by atoms with E-state index in [0.29, 0.717) is 18.1 Å². The summed E-state index contributed by atoms with van der Waals surface area (Å²) in [6.07, 6.45) is 0.314. The summed E-state index contributed by atoms with van der Waals surface area (Å²) in [7, 11) is 0. The highest BCUT2D eigenvalue weighted by Crippen LogP contribution is 2.16. The zero-order valence-corrected chi connectivity index (χ0v) is 14.5. The maximum absolute atomic E-state index is 12.0. The van der Waals surface area contributed by atoms with Crippen molar-refractivity contribution in [1.82, 2.24) is 5.32 Å². The molecule has 1 N–H and O–H groups in total. The van der Waals surface area contributed by atoms with Gasteiger partial charge in [0.05, 0.1) is 12.5 Å². The molecule has 1 amide bonds. The molecule has 4 heteroatoms. The van der Waals surface area contributed by atoms with E-state index >= 15 is 0 Å². The van der Waals surface area contributed by atoms with E-state index in [-0.39, 0.29) is 11.9 Å². The molecular formula is C19H22ClNO2. The van der Waals surface area contributed by atoms with Crippen molar-refractivity contribution in [2.45, 2.75) is 33.2 Å². The predicted octanol–water partition coefficient (Wildman–Crippen LogP) is 4.08. The van der Waals surface area contributed by atoms with Crippen molar-refractivity contribution in [2.24, 2.45) is 0 Å². The minimum Gasteiger partial charge on any atom is -0.491 e. The second-order valence-corrected chi connectivity index (χ2v) is 6.27. The number of nitrogens with one attached hydrogen (secondary N) is 1. The van der Waals surface area contributed by atoms with Crippen LogP contribution in [0.1, 0.15) is 23.6 Å². The molecule has 0 aliphatic heterocycles. The summed E-state index contributed by atoms with van der Waals surface area (Å²) in [6, 6.07) is 13.3. The third-order valence-corrected chi connectivity index (χ3v) is 3.87. The number of ether oxygens (including phenoxy) is 1. The Morgan fingerprint density at radius 1 is 1.17 bits per heavy atom. The van der Waals surface area contributed by atoms with E-state index in [4.69, 9.17) is 16.3 Å². The van der Waals surface area contributed by atoms with Crippen LogP contribution in [0.2, 0.25) is 5.02 Å². The van der Waals surface area contributed by atoms with E-state index in [0.717, 1.165) is 11.3 Å². The van der Waals surface area contributed by atoms with Gasteiger partial charge in [0.15, 0.2) is 0 Å². The molecular weight excluding hydrogens is 310 g/mol. The number of carbonyl (C=O) groups excluding carboxylic acids is 1. The fourth-order valence-electron chi connectivity index (χ4n) is 2.22. The number of halogens is 1. The maximum Gasteiger partial charge on any atom is 0.224 e. The number of amides is 1. The lowest BCUT2D eigenvalue weighted by atomic mass is 10.1. The third-order valence-electron chi connectivity index (χ3n) is 3.64. The molecule has 122 valence electrons. The zero-order valence-electron chi connectivity index (χ0n) is 13.7. The molecule has 0 radical (unpaired) electrons. The molecule has 0 heterocycles.